The number of halogens is 1. The summed E-state index contributed by atoms with van der Waals surface area (Å²) in [5.74, 6) is -0.0147. The largest absolute Gasteiger partial charge is 0.492 e. The molecule has 1 heterocycles. The molecule has 0 aliphatic rings. The summed E-state index contributed by atoms with van der Waals surface area (Å²) in [6, 6.07) is 7.74. The number of nitrogens with one attached hydrogen (secondary N) is 2. The van der Waals surface area contributed by atoms with Gasteiger partial charge in [0.2, 0.25) is 5.91 Å². The van der Waals surface area contributed by atoms with Gasteiger partial charge in [0.15, 0.2) is 0 Å². The van der Waals surface area contributed by atoms with E-state index in [1.54, 1.807) is 31.2 Å². The lowest BCUT2D eigenvalue weighted by Crippen LogP contribution is -2.41. The first-order valence-corrected chi connectivity index (χ1v) is 7.17. The van der Waals surface area contributed by atoms with E-state index in [9.17, 15) is 9.59 Å². The lowest BCUT2D eigenvalue weighted by molar-refractivity contribution is -0.117. The van der Waals surface area contributed by atoms with Crippen LogP contribution in [0.4, 0.5) is 5.69 Å². The average molecular weight is 354 g/mol. The van der Waals surface area contributed by atoms with Crippen LogP contribution in [0.2, 0.25) is 0 Å². The van der Waals surface area contributed by atoms with Crippen LogP contribution in [-0.4, -0.2) is 31.0 Å². The molecule has 130 valence electrons. The highest BCUT2D eigenvalue weighted by Crippen LogP contribution is 2.15. The van der Waals surface area contributed by atoms with Crippen molar-refractivity contribution in [2.45, 2.75) is 13.0 Å². The molecule has 2 amide bonds. The van der Waals surface area contributed by atoms with Gasteiger partial charge < -0.3 is 25.5 Å². The van der Waals surface area contributed by atoms with Crippen molar-refractivity contribution in [3.8, 4) is 5.75 Å². The maximum Gasteiger partial charge on any atom is 0.255 e. The Morgan fingerprint density at radius 2 is 1.96 bits per heavy atom. The predicted molar refractivity (Wildman–Crippen MR) is 92.5 cm³/mol. The fourth-order valence-electron chi connectivity index (χ4n) is 1.80. The molecule has 0 aliphatic carbocycles. The van der Waals surface area contributed by atoms with Gasteiger partial charge in [-0.25, -0.2) is 0 Å². The van der Waals surface area contributed by atoms with E-state index in [0.29, 0.717) is 30.2 Å². The molecule has 0 saturated heterocycles. The zero-order valence-electron chi connectivity index (χ0n) is 13.2. The number of carbonyl (C=O) groups is 2. The Hall–Kier alpha value is -2.51. The highest BCUT2D eigenvalue weighted by molar-refractivity contribution is 6.00. The summed E-state index contributed by atoms with van der Waals surface area (Å²) in [5, 5.41) is 5.31. The second-order valence-corrected chi connectivity index (χ2v) is 4.86. The number of ether oxygens (including phenoxy) is 1. The summed E-state index contributed by atoms with van der Waals surface area (Å²) in [4.78, 5) is 23.9. The van der Waals surface area contributed by atoms with Crippen LogP contribution in [0, 0.1) is 0 Å². The lowest BCUT2D eigenvalue weighted by atomic mass is 10.2. The first-order valence-electron chi connectivity index (χ1n) is 7.17. The second kappa shape index (κ2) is 9.59. The summed E-state index contributed by atoms with van der Waals surface area (Å²) in [6.07, 6.45) is 2.72. The molecule has 0 saturated carbocycles. The smallest absolute Gasteiger partial charge is 0.255 e. The van der Waals surface area contributed by atoms with Crippen LogP contribution in [0.3, 0.4) is 0 Å². The Balaban J connectivity index is 0.00000288. The van der Waals surface area contributed by atoms with Gasteiger partial charge in [0, 0.05) is 12.2 Å². The van der Waals surface area contributed by atoms with Crippen molar-refractivity contribution >= 4 is 29.9 Å². The van der Waals surface area contributed by atoms with Crippen molar-refractivity contribution in [2.24, 2.45) is 5.73 Å². The minimum Gasteiger partial charge on any atom is -0.492 e. The van der Waals surface area contributed by atoms with E-state index in [-0.39, 0.29) is 24.2 Å². The van der Waals surface area contributed by atoms with E-state index >= 15 is 0 Å². The highest BCUT2D eigenvalue weighted by atomic mass is 35.5. The summed E-state index contributed by atoms with van der Waals surface area (Å²) in [6.45, 7) is 2.47. The number of carbonyl (C=O) groups excluding carboxylic acids is 2. The molecular formula is C16H20ClN3O4. The molecule has 0 bridgehead atoms. The molecule has 2 rings (SSSR count). The van der Waals surface area contributed by atoms with E-state index < -0.39 is 6.04 Å². The van der Waals surface area contributed by atoms with E-state index in [2.05, 4.69) is 10.6 Å². The number of rotatable bonds is 7. The molecule has 24 heavy (non-hydrogen) atoms. The molecule has 0 spiro atoms. The first kappa shape index (κ1) is 19.5. The lowest BCUT2D eigenvalue weighted by Gasteiger charge is -2.14. The fourth-order valence-corrected chi connectivity index (χ4v) is 1.80. The topological polar surface area (TPSA) is 107 Å². The first-order chi connectivity index (χ1) is 11.1. The minimum atomic E-state index is -0.689. The zero-order chi connectivity index (χ0) is 16.7. The number of anilines is 1. The molecular weight excluding hydrogens is 334 g/mol. The monoisotopic (exact) mass is 353 g/mol. The molecule has 0 aliphatic heterocycles. The zero-order valence-corrected chi connectivity index (χ0v) is 14.0. The Morgan fingerprint density at radius 1 is 1.25 bits per heavy atom. The van der Waals surface area contributed by atoms with E-state index in [0.717, 1.165) is 0 Å². The Kier molecular flexibility index (Phi) is 7.81. The van der Waals surface area contributed by atoms with Crippen LogP contribution >= 0.6 is 12.4 Å². The molecule has 4 N–H and O–H groups in total. The second-order valence-electron chi connectivity index (χ2n) is 4.86. The van der Waals surface area contributed by atoms with E-state index in [1.807, 2.05) is 0 Å². The fraction of sp³-hybridized carbons (Fsp3) is 0.250. The third kappa shape index (κ3) is 5.60. The molecule has 1 unspecified atom stereocenters. The number of furan rings is 1. The van der Waals surface area contributed by atoms with E-state index in [4.69, 9.17) is 14.9 Å². The van der Waals surface area contributed by atoms with Crippen molar-refractivity contribution in [3.63, 3.8) is 0 Å². The summed E-state index contributed by atoms with van der Waals surface area (Å²) >= 11 is 0. The van der Waals surface area contributed by atoms with Gasteiger partial charge in [0.25, 0.3) is 5.91 Å². The van der Waals surface area contributed by atoms with Crippen LogP contribution in [-0.2, 0) is 4.79 Å². The van der Waals surface area contributed by atoms with Crippen LogP contribution in [0.5, 0.6) is 5.75 Å². The molecule has 1 aromatic heterocycles. The van der Waals surface area contributed by atoms with Gasteiger partial charge in [-0.1, -0.05) is 0 Å². The van der Waals surface area contributed by atoms with Gasteiger partial charge in [-0.2, -0.15) is 0 Å². The summed E-state index contributed by atoms with van der Waals surface area (Å²) in [7, 11) is 0. The van der Waals surface area contributed by atoms with E-state index in [1.165, 1.54) is 18.6 Å². The van der Waals surface area contributed by atoms with Gasteiger partial charge >= 0.3 is 0 Å². The van der Waals surface area contributed by atoms with Crippen LogP contribution in [0.15, 0.2) is 47.3 Å². The third-order valence-corrected chi connectivity index (χ3v) is 3.03. The van der Waals surface area contributed by atoms with Crippen LogP contribution in [0.1, 0.15) is 17.3 Å². The Morgan fingerprint density at radius 3 is 2.54 bits per heavy atom. The third-order valence-electron chi connectivity index (χ3n) is 3.03. The summed E-state index contributed by atoms with van der Waals surface area (Å²) < 4.78 is 10.2. The maximum absolute atomic E-state index is 12.1. The number of nitrogens with two attached hydrogens (primary N) is 1. The van der Waals surface area contributed by atoms with Crippen molar-refractivity contribution < 1.29 is 18.7 Å². The maximum atomic E-state index is 12.1. The average Bonchev–Trinajstić information content (AvgIpc) is 3.08. The number of hydrogen-bond acceptors (Lipinski definition) is 5. The molecule has 7 nitrogen and oxygen atoms in total. The number of benzene rings is 1. The van der Waals surface area contributed by atoms with Crippen LogP contribution < -0.4 is 21.1 Å². The van der Waals surface area contributed by atoms with Crippen LogP contribution in [0.25, 0.3) is 0 Å². The predicted octanol–water partition coefficient (Wildman–Crippen LogP) is 1.80. The molecule has 1 aromatic carbocycles. The Labute approximate surface area is 146 Å². The molecule has 1 atom stereocenters. The van der Waals surface area contributed by atoms with Gasteiger partial charge in [-0.3, -0.25) is 9.59 Å². The summed E-state index contributed by atoms with van der Waals surface area (Å²) in [5.41, 5.74) is 6.34. The SMILES string of the molecule is CC(NC(=O)c1ccoc1)C(=O)Nc1ccc(OCCN)cc1.Cl. The van der Waals surface area contributed by atoms with Crippen molar-refractivity contribution in [1.29, 1.82) is 0 Å². The Bertz CT molecular complexity index is 644. The molecule has 2 aromatic rings. The molecule has 8 heteroatoms. The van der Waals surface area contributed by atoms with Crippen molar-refractivity contribution in [2.75, 3.05) is 18.5 Å². The normalized spacial score (nSPS) is 11.1. The van der Waals surface area contributed by atoms with Crippen molar-refractivity contribution in [3.05, 3.63) is 48.4 Å². The van der Waals surface area contributed by atoms with Gasteiger partial charge in [0.1, 0.15) is 24.7 Å². The van der Waals surface area contributed by atoms with Crippen molar-refractivity contribution in [1.82, 2.24) is 5.32 Å². The highest BCUT2D eigenvalue weighted by Gasteiger charge is 2.17. The minimum absolute atomic E-state index is 0. The molecule has 0 radical (unpaired) electrons. The van der Waals surface area contributed by atoms with Gasteiger partial charge in [-0.15, -0.1) is 12.4 Å². The standard InChI is InChI=1S/C16H19N3O4.ClH/c1-11(18-16(21)12-6-8-22-10-12)15(20)19-13-2-4-14(5-3-13)23-9-7-17;/h2-6,8,10-11H,7,9,17H2,1H3,(H,18,21)(H,19,20);1H. The van der Waals surface area contributed by atoms with Gasteiger partial charge in [0.05, 0.1) is 11.8 Å². The number of hydrogen-bond donors (Lipinski definition) is 3. The molecule has 0 fully saturated rings. The van der Waals surface area contributed by atoms with Gasteiger partial charge in [-0.05, 0) is 37.3 Å². The number of amides is 2. The quantitative estimate of drug-likeness (QED) is 0.703.